The van der Waals surface area contributed by atoms with Crippen LogP contribution in [0.4, 0.5) is 14.5 Å². The molecule has 0 saturated carbocycles. The van der Waals surface area contributed by atoms with Gasteiger partial charge in [-0.15, -0.1) is 0 Å². The van der Waals surface area contributed by atoms with Crippen LogP contribution in [0.2, 0.25) is 0 Å². The summed E-state index contributed by atoms with van der Waals surface area (Å²) in [4.78, 5) is 38.7. The Morgan fingerprint density at radius 3 is 2.39 bits per heavy atom. The summed E-state index contributed by atoms with van der Waals surface area (Å²) >= 11 is 0. The van der Waals surface area contributed by atoms with Gasteiger partial charge in [-0.1, -0.05) is 0 Å². The summed E-state index contributed by atoms with van der Waals surface area (Å²) < 4.78 is 26.8. The number of nitrogens with zero attached hydrogens (tertiary/aromatic N) is 3. The molecule has 23 heavy (non-hydrogen) atoms. The lowest BCUT2D eigenvalue weighted by Gasteiger charge is -2.34. The van der Waals surface area contributed by atoms with E-state index in [1.165, 1.54) is 11.8 Å². The molecule has 2 rings (SSSR count). The first kappa shape index (κ1) is 16.9. The number of rotatable bonds is 4. The molecule has 3 amide bonds. The van der Waals surface area contributed by atoms with Crippen molar-refractivity contribution in [1.29, 1.82) is 0 Å². The summed E-state index contributed by atoms with van der Waals surface area (Å²) in [6.07, 6.45) is 0.720. The number of hydrogen-bond donors (Lipinski definition) is 0. The molecule has 1 fully saturated rings. The lowest BCUT2D eigenvalue weighted by Crippen LogP contribution is -2.51. The molecule has 6 nitrogen and oxygen atoms in total. The van der Waals surface area contributed by atoms with Gasteiger partial charge < -0.3 is 14.7 Å². The molecule has 1 heterocycles. The molecule has 0 aromatic heterocycles. The highest BCUT2D eigenvalue weighted by molar-refractivity contribution is 5.97. The maximum absolute atomic E-state index is 13.8. The molecule has 0 atom stereocenters. The second-order valence-electron chi connectivity index (χ2n) is 5.22. The van der Waals surface area contributed by atoms with E-state index in [9.17, 15) is 23.2 Å². The summed E-state index contributed by atoms with van der Waals surface area (Å²) in [7, 11) is 0. The highest BCUT2D eigenvalue weighted by Crippen LogP contribution is 2.20. The summed E-state index contributed by atoms with van der Waals surface area (Å²) in [6.45, 7) is 2.42. The number of carbonyl (C=O) groups is 3. The van der Waals surface area contributed by atoms with E-state index < -0.39 is 17.5 Å². The molecule has 0 N–H and O–H groups in total. The van der Waals surface area contributed by atoms with E-state index in [0.29, 0.717) is 32.2 Å². The fraction of sp³-hybridized carbons (Fsp3) is 0.400. The topological polar surface area (TPSA) is 60.9 Å². The van der Waals surface area contributed by atoms with Gasteiger partial charge in [0.1, 0.15) is 18.2 Å². The Bertz CT molecular complexity index is 616. The Morgan fingerprint density at radius 2 is 1.87 bits per heavy atom. The third kappa shape index (κ3) is 4.02. The fourth-order valence-electron chi connectivity index (χ4n) is 2.38. The van der Waals surface area contributed by atoms with E-state index in [-0.39, 0.29) is 18.1 Å². The van der Waals surface area contributed by atoms with Gasteiger partial charge in [0.15, 0.2) is 0 Å². The van der Waals surface area contributed by atoms with Crippen molar-refractivity contribution in [3.05, 3.63) is 29.8 Å². The SMILES string of the molecule is CC(=O)N(CC(=O)N1CCN(C=O)CC1)c1ccc(F)cc1F. The number of halogens is 2. The molecular weight excluding hydrogens is 308 g/mol. The van der Waals surface area contributed by atoms with E-state index in [1.807, 2.05) is 0 Å². The van der Waals surface area contributed by atoms with Crippen molar-refractivity contribution >= 4 is 23.9 Å². The minimum Gasteiger partial charge on any atom is -0.342 e. The minimum absolute atomic E-state index is 0.140. The van der Waals surface area contributed by atoms with Crippen molar-refractivity contribution in [1.82, 2.24) is 9.80 Å². The van der Waals surface area contributed by atoms with Crippen LogP contribution in [0.25, 0.3) is 0 Å². The molecule has 8 heteroatoms. The molecule has 0 unspecified atom stereocenters. The van der Waals surface area contributed by atoms with Crippen LogP contribution in [-0.2, 0) is 14.4 Å². The Labute approximate surface area is 132 Å². The monoisotopic (exact) mass is 325 g/mol. The minimum atomic E-state index is -0.904. The molecule has 0 radical (unpaired) electrons. The van der Waals surface area contributed by atoms with Crippen LogP contribution in [0.3, 0.4) is 0 Å². The zero-order valence-corrected chi connectivity index (χ0v) is 12.7. The lowest BCUT2D eigenvalue weighted by molar-refractivity contribution is -0.134. The van der Waals surface area contributed by atoms with E-state index in [2.05, 4.69) is 0 Å². The molecule has 1 saturated heterocycles. The summed E-state index contributed by atoms with van der Waals surface area (Å²) in [5.74, 6) is -2.53. The van der Waals surface area contributed by atoms with E-state index in [0.717, 1.165) is 23.4 Å². The first-order valence-electron chi connectivity index (χ1n) is 7.12. The van der Waals surface area contributed by atoms with Crippen molar-refractivity contribution in [3.63, 3.8) is 0 Å². The van der Waals surface area contributed by atoms with E-state index in [1.54, 1.807) is 4.90 Å². The van der Waals surface area contributed by atoms with Crippen LogP contribution < -0.4 is 4.90 Å². The lowest BCUT2D eigenvalue weighted by atomic mass is 10.2. The zero-order chi connectivity index (χ0) is 17.0. The van der Waals surface area contributed by atoms with Gasteiger partial charge in [-0.25, -0.2) is 8.78 Å². The largest absolute Gasteiger partial charge is 0.342 e. The number of hydrogen-bond acceptors (Lipinski definition) is 3. The number of carbonyl (C=O) groups excluding carboxylic acids is 3. The number of anilines is 1. The van der Waals surface area contributed by atoms with Gasteiger partial charge in [0, 0.05) is 39.2 Å². The third-order valence-corrected chi connectivity index (χ3v) is 3.69. The van der Waals surface area contributed by atoms with Crippen LogP contribution >= 0.6 is 0 Å². The van der Waals surface area contributed by atoms with E-state index in [4.69, 9.17) is 0 Å². The molecule has 124 valence electrons. The predicted octanol–water partition coefficient (Wildman–Crippen LogP) is 0.618. The maximum Gasteiger partial charge on any atom is 0.242 e. The van der Waals surface area contributed by atoms with Gasteiger partial charge in [-0.2, -0.15) is 0 Å². The normalized spacial score (nSPS) is 14.6. The molecule has 1 aliphatic heterocycles. The van der Waals surface area contributed by atoms with Gasteiger partial charge >= 0.3 is 0 Å². The molecule has 0 aliphatic carbocycles. The Morgan fingerprint density at radius 1 is 1.22 bits per heavy atom. The first-order valence-corrected chi connectivity index (χ1v) is 7.12. The Balaban J connectivity index is 2.09. The molecule has 1 aliphatic rings. The molecule has 1 aromatic rings. The fourth-order valence-corrected chi connectivity index (χ4v) is 2.38. The zero-order valence-electron chi connectivity index (χ0n) is 12.7. The number of piperazine rings is 1. The van der Waals surface area contributed by atoms with Crippen LogP contribution in [0, 0.1) is 11.6 Å². The number of amides is 3. The van der Waals surface area contributed by atoms with Crippen LogP contribution in [0.15, 0.2) is 18.2 Å². The predicted molar refractivity (Wildman–Crippen MR) is 78.6 cm³/mol. The Kier molecular flexibility index (Phi) is 5.25. The van der Waals surface area contributed by atoms with Crippen LogP contribution in [-0.4, -0.2) is 60.7 Å². The highest BCUT2D eigenvalue weighted by Gasteiger charge is 2.25. The van der Waals surface area contributed by atoms with Gasteiger partial charge in [0.05, 0.1) is 5.69 Å². The van der Waals surface area contributed by atoms with Gasteiger partial charge in [0.25, 0.3) is 0 Å². The molecule has 0 bridgehead atoms. The van der Waals surface area contributed by atoms with Crippen molar-refractivity contribution in [2.75, 3.05) is 37.6 Å². The third-order valence-electron chi connectivity index (χ3n) is 3.69. The first-order chi connectivity index (χ1) is 10.9. The summed E-state index contributed by atoms with van der Waals surface area (Å²) in [5.41, 5.74) is -0.140. The van der Waals surface area contributed by atoms with Gasteiger partial charge in [-0.3, -0.25) is 14.4 Å². The van der Waals surface area contributed by atoms with Crippen molar-refractivity contribution < 1.29 is 23.2 Å². The summed E-state index contributed by atoms with van der Waals surface area (Å²) in [5, 5.41) is 0. The van der Waals surface area contributed by atoms with Crippen LogP contribution in [0.1, 0.15) is 6.92 Å². The number of benzene rings is 1. The average Bonchev–Trinajstić information content (AvgIpc) is 2.53. The highest BCUT2D eigenvalue weighted by atomic mass is 19.1. The van der Waals surface area contributed by atoms with Crippen molar-refractivity contribution in [3.8, 4) is 0 Å². The second-order valence-corrected chi connectivity index (χ2v) is 5.22. The van der Waals surface area contributed by atoms with E-state index >= 15 is 0 Å². The Hall–Kier alpha value is -2.51. The standard InChI is InChI=1S/C15H17F2N3O3/c1-11(22)20(14-3-2-12(16)8-13(14)17)9-15(23)19-6-4-18(10-21)5-7-19/h2-3,8,10H,4-7,9H2,1H3. The van der Waals surface area contributed by atoms with Gasteiger partial charge in [-0.05, 0) is 12.1 Å². The molecule has 1 aromatic carbocycles. The molecule has 0 spiro atoms. The van der Waals surface area contributed by atoms with Crippen molar-refractivity contribution in [2.24, 2.45) is 0 Å². The average molecular weight is 325 g/mol. The van der Waals surface area contributed by atoms with Crippen LogP contribution in [0.5, 0.6) is 0 Å². The second kappa shape index (κ2) is 7.17. The molecular formula is C15H17F2N3O3. The maximum atomic E-state index is 13.8. The van der Waals surface area contributed by atoms with Crippen molar-refractivity contribution in [2.45, 2.75) is 6.92 Å². The summed E-state index contributed by atoms with van der Waals surface area (Å²) in [6, 6.07) is 2.82. The quantitative estimate of drug-likeness (QED) is 0.763. The van der Waals surface area contributed by atoms with Gasteiger partial charge in [0.2, 0.25) is 18.2 Å². The smallest absolute Gasteiger partial charge is 0.242 e.